The Hall–Kier alpha value is -1.94. The van der Waals surface area contributed by atoms with Crippen molar-refractivity contribution in [1.82, 2.24) is 5.32 Å². The van der Waals surface area contributed by atoms with Crippen LogP contribution in [-0.4, -0.2) is 33.6 Å². The van der Waals surface area contributed by atoms with Crippen molar-refractivity contribution in [3.05, 3.63) is 91.0 Å². The summed E-state index contributed by atoms with van der Waals surface area (Å²) in [7, 11) is 1.22. The van der Waals surface area contributed by atoms with Gasteiger partial charge in [-0.05, 0) is 22.8 Å². The number of esters is 1. The van der Waals surface area contributed by atoms with E-state index in [1.807, 2.05) is 91.0 Å². The van der Waals surface area contributed by atoms with E-state index in [2.05, 4.69) is 5.32 Å². The topological polar surface area (TPSA) is 55.4 Å². The number of alkyl halides is 4. The van der Waals surface area contributed by atoms with Crippen molar-refractivity contribution < 1.29 is 14.3 Å². The first kappa shape index (κ1) is 25.7. The largest absolute Gasteiger partial charge is 0.465 e. The van der Waals surface area contributed by atoms with Gasteiger partial charge in [0.2, 0.25) is 3.79 Å². The first-order valence-corrected chi connectivity index (χ1v) is 13.1. The maximum Gasteiger partial charge on any atom is 0.344 e. The van der Waals surface area contributed by atoms with Crippen molar-refractivity contribution >= 4 is 86.4 Å². The zero-order valence-corrected chi connectivity index (χ0v) is 21.3. The summed E-state index contributed by atoms with van der Waals surface area (Å²) in [6, 6.07) is 28.0. The molecule has 1 amide bonds. The minimum absolute atomic E-state index is 0.117. The van der Waals surface area contributed by atoms with Gasteiger partial charge in [-0.1, -0.05) is 137 Å². The van der Waals surface area contributed by atoms with E-state index in [-0.39, 0.29) is 5.29 Å². The minimum Gasteiger partial charge on any atom is -0.465 e. The summed E-state index contributed by atoms with van der Waals surface area (Å²) in [6.07, 6.45) is 0. The molecule has 0 unspecified atom stereocenters. The quantitative estimate of drug-likeness (QED) is 0.165. The van der Waals surface area contributed by atoms with Crippen LogP contribution in [-0.2, 0) is 14.3 Å². The Morgan fingerprint density at radius 2 is 1.15 bits per heavy atom. The lowest BCUT2D eigenvalue weighted by atomic mass is 10.3. The van der Waals surface area contributed by atoms with Gasteiger partial charge >= 0.3 is 5.97 Å². The molecular formula is C24H20Cl4NO3P. The van der Waals surface area contributed by atoms with Gasteiger partial charge in [0.05, 0.1) is 7.11 Å². The lowest BCUT2D eigenvalue weighted by molar-refractivity contribution is -0.133. The van der Waals surface area contributed by atoms with Crippen molar-refractivity contribution in [2.24, 2.45) is 0 Å². The fraction of sp³-hybridized carbons (Fsp3) is 0.125. The van der Waals surface area contributed by atoms with Gasteiger partial charge in [0.15, 0.2) is 5.50 Å². The first-order valence-electron chi connectivity index (χ1n) is 9.76. The number of ether oxygens (including phenoxy) is 1. The van der Waals surface area contributed by atoms with E-state index in [9.17, 15) is 9.59 Å². The molecule has 0 aliphatic heterocycles. The summed E-state index contributed by atoms with van der Waals surface area (Å²) in [6.45, 7) is -3.06. The Kier molecular flexibility index (Phi) is 8.55. The second kappa shape index (κ2) is 11.0. The fourth-order valence-corrected chi connectivity index (χ4v) is 8.06. The summed E-state index contributed by atoms with van der Waals surface area (Å²) >= 11 is 23.8. The summed E-state index contributed by atoms with van der Waals surface area (Å²) in [5.74, 6) is -1.58. The molecule has 0 radical (unpaired) electrons. The van der Waals surface area contributed by atoms with Crippen LogP contribution in [0.1, 0.15) is 0 Å². The molecule has 172 valence electrons. The lowest BCUT2D eigenvalue weighted by Crippen LogP contribution is -2.48. The highest BCUT2D eigenvalue weighted by molar-refractivity contribution is 7.97. The normalized spacial score (nSPS) is 12.5. The average Bonchev–Trinajstić information content (AvgIpc) is 2.83. The van der Waals surface area contributed by atoms with E-state index < -0.39 is 28.1 Å². The van der Waals surface area contributed by atoms with Crippen LogP contribution in [0.3, 0.4) is 0 Å². The number of rotatable bonds is 6. The SMILES string of the molecule is COC(=O)C(C(=O)N[C@H](Cl)C(Cl)(Cl)Cl)=P(c1ccccc1)(c1ccccc1)c1ccccc1. The number of nitrogens with one attached hydrogen (secondary N) is 1. The van der Waals surface area contributed by atoms with Crippen LogP contribution in [0.25, 0.3) is 0 Å². The van der Waals surface area contributed by atoms with Crippen LogP contribution in [0, 0.1) is 0 Å². The van der Waals surface area contributed by atoms with Gasteiger partial charge in [-0.25, -0.2) is 4.79 Å². The molecule has 0 fully saturated rings. The molecule has 0 aromatic heterocycles. The zero-order valence-electron chi connectivity index (χ0n) is 17.4. The molecule has 3 aromatic carbocycles. The van der Waals surface area contributed by atoms with Crippen molar-refractivity contribution in [3.8, 4) is 0 Å². The third-order valence-corrected chi connectivity index (χ3v) is 10.6. The van der Waals surface area contributed by atoms with Crippen LogP contribution in [0.15, 0.2) is 91.0 Å². The molecule has 9 heteroatoms. The van der Waals surface area contributed by atoms with E-state index in [1.165, 1.54) is 7.11 Å². The second-order valence-electron chi connectivity index (χ2n) is 6.90. The predicted molar refractivity (Wildman–Crippen MR) is 140 cm³/mol. The summed E-state index contributed by atoms with van der Waals surface area (Å²) < 4.78 is 3.13. The molecule has 0 spiro atoms. The fourth-order valence-electron chi connectivity index (χ4n) is 3.53. The maximum atomic E-state index is 13.7. The third kappa shape index (κ3) is 5.42. The van der Waals surface area contributed by atoms with E-state index in [4.69, 9.17) is 51.1 Å². The molecule has 0 aliphatic rings. The summed E-state index contributed by atoms with van der Waals surface area (Å²) in [5.41, 5.74) is -1.39. The van der Waals surface area contributed by atoms with Crippen LogP contribution in [0.5, 0.6) is 0 Å². The Morgan fingerprint density at radius 3 is 1.45 bits per heavy atom. The molecule has 33 heavy (non-hydrogen) atoms. The van der Waals surface area contributed by atoms with Crippen molar-refractivity contribution in [3.63, 3.8) is 0 Å². The van der Waals surface area contributed by atoms with E-state index in [0.29, 0.717) is 0 Å². The number of carbonyl (C=O) groups excluding carboxylic acids is 2. The number of carbonyl (C=O) groups is 2. The maximum absolute atomic E-state index is 13.7. The highest BCUT2D eigenvalue weighted by Crippen LogP contribution is 2.46. The summed E-state index contributed by atoms with van der Waals surface area (Å²) in [4.78, 5) is 27.0. The Balaban J connectivity index is 2.52. The second-order valence-corrected chi connectivity index (χ2v) is 13.0. The monoisotopic (exact) mass is 541 g/mol. The minimum atomic E-state index is -3.06. The van der Waals surface area contributed by atoms with Gasteiger partial charge in [0, 0.05) is 0 Å². The molecule has 3 rings (SSSR count). The molecule has 1 atom stereocenters. The molecule has 0 saturated heterocycles. The van der Waals surface area contributed by atoms with Gasteiger partial charge in [-0.3, -0.25) is 4.79 Å². The Labute approximate surface area is 212 Å². The molecule has 3 aromatic rings. The van der Waals surface area contributed by atoms with Gasteiger partial charge < -0.3 is 10.1 Å². The number of amides is 1. The summed E-state index contributed by atoms with van der Waals surface area (Å²) in [5, 5.41) is 4.68. The Bertz CT molecular complexity index is 1060. The molecule has 0 bridgehead atoms. The lowest BCUT2D eigenvalue weighted by Gasteiger charge is -2.32. The highest BCUT2D eigenvalue weighted by atomic mass is 35.6. The van der Waals surface area contributed by atoms with Crippen molar-refractivity contribution in [2.75, 3.05) is 7.11 Å². The standard InChI is InChI=1S/C24H20Cl4NO3P/c1-32-22(31)20(21(30)29-23(25)24(26,27)28)33(17-11-5-2-6-12-17,18-13-7-3-8-14-18)19-15-9-4-10-16-19/h2-16,23H,1H3,(H,29,30)/t23-/m0/s1. The highest BCUT2D eigenvalue weighted by Gasteiger charge is 2.40. The van der Waals surface area contributed by atoms with Gasteiger partial charge in [-0.15, -0.1) is 0 Å². The van der Waals surface area contributed by atoms with Gasteiger partial charge in [-0.2, -0.15) is 0 Å². The zero-order chi connectivity index (χ0) is 24.1. The van der Waals surface area contributed by atoms with Crippen LogP contribution < -0.4 is 21.2 Å². The van der Waals surface area contributed by atoms with E-state index in [0.717, 1.165) is 15.9 Å². The van der Waals surface area contributed by atoms with Gasteiger partial charge in [0.1, 0.15) is 5.29 Å². The van der Waals surface area contributed by atoms with Crippen LogP contribution >= 0.6 is 53.3 Å². The number of methoxy groups -OCH3 is 1. The molecule has 4 nitrogen and oxygen atoms in total. The molecular weight excluding hydrogens is 523 g/mol. The van der Waals surface area contributed by atoms with Crippen LogP contribution in [0.4, 0.5) is 0 Å². The van der Waals surface area contributed by atoms with Crippen molar-refractivity contribution in [2.45, 2.75) is 9.29 Å². The first-order chi connectivity index (χ1) is 15.7. The van der Waals surface area contributed by atoms with Crippen molar-refractivity contribution in [1.29, 1.82) is 0 Å². The predicted octanol–water partition coefficient (Wildman–Crippen LogP) is 4.38. The third-order valence-electron chi connectivity index (χ3n) is 4.90. The molecule has 0 saturated carbocycles. The Morgan fingerprint density at radius 1 is 0.788 bits per heavy atom. The van der Waals surface area contributed by atoms with E-state index >= 15 is 0 Å². The number of hydrogen-bond acceptors (Lipinski definition) is 3. The number of halogens is 4. The number of benzene rings is 3. The molecule has 1 N–H and O–H groups in total. The molecule has 0 aliphatic carbocycles. The number of hydrogen-bond donors (Lipinski definition) is 1. The van der Waals surface area contributed by atoms with E-state index in [1.54, 1.807) is 0 Å². The van der Waals surface area contributed by atoms with Gasteiger partial charge in [0.25, 0.3) is 5.91 Å². The smallest absolute Gasteiger partial charge is 0.344 e. The average molecular weight is 543 g/mol. The van der Waals surface area contributed by atoms with Crippen LogP contribution in [0.2, 0.25) is 0 Å². The molecule has 0 heterocycles.